The molecule has 1 fully saturated rings. The van der Waals surface area contributed by atoms with Crippen LogP contribution in [0.3, 0.4) is 0 Å². The highest BCUT2D eigenvalue weighted by molar-refractivity contribution is 6.32. The maximum atomic E-state index is 12.8. The first-order valence-corrected chi connectivity index (χ1v) is 10.1. The number of amides is 5. The average Bonchev–Trinajstić information content (AvgIpc) is 2.80. The van der Waals surface area contributed by atoms with E-state index >= 15 is 0 Å². The molecule has 1 heterocycles. The molecule has 0 bridgehead atoms. The van der Waals surface area contributed by atoms with Gasteiger partial charge < -0.3 is 41.1 Å². The Morgan fingerprint density at radius 2 is 1.18 bits per heavy atom. The van der Waals surface area contributed by atoms with Gasteiger partial charge in [0, 0.05) is 32.7 Å². The van der Waals surface area contributed by atoms with Gasteiger partial charge in [-0.1, -0.05) is 0 Å². The van der Waals surface area contributed by atoms with Crippen LogP contribution in [0.5, 0.6) is 0 Å². The van der Waals surface area contributed by atoms with E-state index in [1.807, 2.05) is 5.32 Å². The predicted molar refractivity (Wildman–Crippen MR) is 108 cm³/mol. The molecular weight excluding hydrogens is 462 g/mol. The van der Waals surface area contributed by atoms with Crippen LogP contribution in [0.4, 0.5) is 0 Å². The third-order valence-corrected chi connectivity index (χ3v) is 4.74. The lowest BCUT2D eigenvalue weighted by atomic mass is 10.1. The number of unbranched alkanes of at least 4 members (excludes halogenated alkanes) is 1. The number of hydrogen-bond donors (Lipinski definition) is 6. The maximum Gasteiger partial charge on any atom is 0.394 e. The fraction of sp³-hybridized carbons (Fsp3) is 0.556. The predicted octanol–water partition coefficient (Wildman–Crippen LogP) is -4.20. The highest BCUT2D eigenvalue weighted by Crippen LogP contribution is 2.09. The molecule has 16 nitrogen and oxygen atoms in total. The summed E-state index contributed by atoms with van der Waals surface area (Å²) in [5, 5.41) is 32.0. The van der Waals surface area contributed by atoms with Gasteiger partial charge in [-0.05, 0) is 19.3 Å². The second-order valence-electron chi connectivity index (χ2n) is 7.08. The Bertz CT molecular complexity index is 851. The van der Waals surface area contributed by atoms with E-state index in [1.165, 1.54) is 9.80 Å². The summed E-state index contributed by atoms with van der Waals surface area (Å²) in [6.07, 6.45) is 0.523. The lowest BCUT2D eigenvalue weighted by molar-refractivity contribution is -0.152. The van der Waals surface area contributed by atoms with Crippen LogP contribution in [0, 0.1) is 0 Å². The van der Waals surface area contributed by atoms with Crippen LogP contribution in [-0.4, -0.2) is 118 Å². The summed E-state index contributed by atoms with van der Waals surface area (Å²) in [6, 6.07) is -1.20. The zero-order valence-corrected chi connectivity index (χ0v) is 17.9. The number of nitrogens with zero attached hydrogens (tertiary/aromatic N) is 2. The molecule has 0 spiro atoms. The molecule has 188 valence electrons. The van der Waals surface area contributed by atoms with E-state index in [1.54, 1.807) is 0 Å². The first-order valence-electron chi connectivity index (χ1n) is 10.1. The van der Waals surface area contributed by atoms with Crippen molar-refractivity contribution in [2.45, 2.75) is 25.3 Å². The second kappa shape index (κ2) is 13.3. The second-order valence-corrected chi connectivity index (χ2v) is 7.08. The maximum absolute atomic E-state index is 12.8. The molecule has 5 amide bonds. The normalized spacial score (nSPS) is 13.9. The summed E-state index contributed by atoms with van der Waals surface area (Å²) < 4.78 is 0. The minimum Gasteiger partial charge on any atom is -0.474 e. The zero-order valence-electron chi connectivity index (χ0n) is 17.9. The van der Waals surface area contributed by atoms with E-state index in [9.17, 15) is 38.4 Å². The summed E-state index contributed by atoms with van der Waals surface area (Å²) in [5.41, 5.74) is 0. The average molecular weight is 487 g/mol. The number of aliphatic carboxylic acids is 3. The molecule has 16 heteroatoms. The van der Waals surface area contributed by atoms with Gasteiger partial charge in [-0.15, -0.1) is 0 Å². The zero-order chi connectivity index (χ0) is 25.8. The largest absolute Gasteiger partial charge is 0.474 e. The monoisotopic (exact) mass is 487 g/mol. The standard InChI is InChI=1S/C18H25N5O11/c24-11(9-20-13(26)17(31)32)22-5-7-23(8-6-22)15(28)10(21-14(27)18(33)34)3-1-2-4-19-12(25)16(29)30/h10H,1-9H2,(H,19,25)(H,20,26)(H,21,27)(H,29,30)(H,31,32)(H,33,34). The lowest BCUT2D eigenvalue weighted by Gasteiger charge is -2.36. The van der Waals surface area contributed by atoms with E-state index in [0.717, 1.165) is 0 Å². The molecule has 0 aromatic carbocycles. The summed E-state index contributed by atoms with van der Waals surface area (Å²) in [5.74, 6) is -10.2. The van der Waals surface area contributed by atoms with Crippen LogP contribution in [0.1, 0.15) is 19.3 Å². The van der Waals surface area contributed by atoms with Gasteiger partial charge in [0.15, 0.2) is 0 Å². The first-order chi connectivity index (χ1) is 15.9. The van der Waals surface area contributed by atoms with E-state index in [2.05, 4.69) is 10.6 Å². The van der Waals surface area contributed by atoms with Gasteiger partial charge in [-0.3, -0.25) is 24.0 Å². The van der Waals surface area contributed by atoms with Crippen molar-refractivity contribution in [3.63, 3.8) is 0 Å². The molecule has 1 aliphatic heterocycles. The van der Waals surface area contributed by atoms with Crippen molar-refractivity contribution in [1.82, 2.24) is 25.8 Å². The lowest BCUT2D eigenvalue weighted by Crippen LogP contribution is -2.57. The number of carbonyl (C=O) groups is 8. The molecule has 0 aromatic heterocycles. The smallest absolute Gasteiger partial charge is 0.394 e. The van der Waals surface area contributed by atoms with Gasteiger partial charge in [0.05, 0.1) is 6.54 Å². The molecule has 6 N–H and O–H groups in total. The number of rotatable bonds is 9. The number of nitrogens with one attached hydrogen (secondary N) is 3. The van der Waals surface area contributed by atoms with E-state index in [4.69, 9.17) is 15.3 Å². The van der Waals surface area contributed by atoms with Gasteiger partial charge in [0.25, 0.3) is 0 Å². The van der Waals surface area contributed by atoms with Crippen LogP contribution in [0.25, 0.3) is 0 Å². The molecule has 1 unspecified atom stereocenters. The Balaban J connectivity index is 2.60. The van der Waals surface area contributed by atoms with Gasteiger partial charge in [0.2, 0.25) is 11.8 Å². The van der Waals surface area contributed by atoms with Crippen molar-refractivity contribution in [3.8, 4) is 0 Å². The first kappa shape index (κ1) is 27.8. The van der Waals surface area contributed by atoms with Crippen LogP contribution in [-0.2, 0) is 38.4 Å². The number of hydrogen-bond acceptors (Lipinski definition) is 8. The topological polar surface area (TPSA) is 240 Å². The molecule has 34 heavy (non-hydrogen) atoms. The molecule has 1 atom stereocenters. The minimum atomic E-state index is -1.79. The Kier molecular flexibility index (Phi) is 10.9. The number of carboxylic acids is 3. The van der Waals surface area contributed by atoms with Crippen molar-refractivity contribution in [2.75, 3.05) is 39.3 Å². The fourth-order valence-electron chi connectivity index (χ4n) is 2.97. The van der Waals surface area contributed by atoms with E-state index in [0.29, 0.717) is 0 Å². The molecule has 1 rings (SSSR count). The van der Waals surface area contributed by atoms with Crippen molar-refractivity contribution in [2.24, 2.45) is 0 Å². The van der Waals surface area contributed by atoms with Crippen LogP contribution < -0.4 is 16.0 Å². The van der Waals surface area contributed by atoms with Gasteiger partial charge >= 0.3 is 35.6 Å². The number of carbonyl (C=O) groups excluding carboxylic acids is 5. The minimum absolute atomic E-state index is 0.00186. The van der Waals surface area contributed by atoms with Crippen molar-refractivity contribution >= 4 is 47.4 Å². The summed E-state index contributed by atoms with van der Waals surface area (Å²) in [4.78, 5) is 92.9. The van der Waals surface area contributed by atoms with Crippen LogP contribution in [0.2, 0.25) is 0 Å². The molecule has 0 radical (unpaired) electrons. The Hall–Kier alpha value is -4.24. The van der Waals surface area contributed by atoms with Crippen LogP contribution in [0.15, 0.2) is 0 Å². The molecule has 0 aromatic rings. The van der Waals surface area contributed by atoms with Gasteiger partial charge in [-0.2, -0.15) is 0 Å². The summed E-state index contributed by atoms with van der Waals surface area (Å²) in [6.45, 7) is -0.313. The van der Waals surface area contributed by atoms with Gasteiger partial charge in [-0.25, -0.2) is 14.4 Å². The highest BCUT2D eigenvalue weighted by atomic mass is 16.4. The Morgan fingerprint density at radius 3 is 1.71 bits per heavy atom. The third-order valence-electron chi connectivity index (χ3n) is 4.74. The molecule has 1 aliphatic rings. The number of carboxylic acid groups (broad SMARTS) is 3. The fourth-order valence-corrected chi connectivity index (χ4v) is 2.97. The van der Waals surface area contributed by atoms with Gasteiger partial charge in [0.1, 0.15) is 6.04 Å². The van der Waals surface area contributed by atoms with Crippen molar-refractivity contribution < 1.29 is 53.7 Å². The SMILES string of the molecule is O=C(O)C(=O)NCCCCC(NC(=O)C(=O)O)C(=O)N1CCN(C(=O)CNC(=O)C(=O)O)CC1. The Labute approximate surface area is 192 Å². The summed E-state index contributed by atoms with van der Waals surface area (Å²) in [7, 11) is 0. The quantitative estimate of drug-likeness (QED) is 0.134. The summed E-state index contributed by atoms with van der Waals surface area (Å²) >= 11 is 0. The molecule has 0 aliphatic carbocycles. The van der Waals surface area contributed by atoms with E-state index in [-0.39, 0.29) is 52.0 Å². The molecular formula is C18H25N5O11. The number of piperazine rings is 1. The van der Waals surface area contributed by atoms with Crippen molar-refractivity contribution in [3.05, 3.63) is 0 Å². The molecule has 0 saturated carbocycles. The van der Waals surface area contributed by atoms with Crippen molar-refractivity contribution in [1.29, 1.82) is 0 Å². The van der Waals surface area contributed by atoms with E-state index < -0.39 is 60.0 Å². The Morgan fingerprint density at radius 1 is 0.676 bits per heavy atom. The third kappa shape index (κ3) is 9.09. The van der Waals surface area contributed by atoms with Crippen LogP contribution >= 0.6 is 0 Å². The highest BCUT2D eigenvalue weighted by Gasteiger charge is 2.31. The molecule has 1 saturated heterocycles.